The van der Waals surface area contributed by atoms with Gasteiger partial charge >= 0.3 is 6.18 Å². The van der Waals surface area contributed by atoms with Gasteiger partial charge in [0.25, 0.3) is 0 Å². The van der Waals surface area contributed by atoms with Gasteiger partial charge in [-0.1, -0.05) is 0 Å². The van der Waals surface area contributed by atoms with Gasteiger partial charge in [0.2, 0.25) is 0 Å². The zero-order chi connectivity index (χ0) is 22.2. The molecule has 3 heterocycles. The molecular formula is C21H27F4N5O. The first kappa shape index (κ1) is 22.1. The summed E-state index contributed by atoms with van der Waals surface area (Å²) in [5.41, 5.74) is -0.474. The smallest absolute Gasteiger partial charge is 0.373 e. The Bertz CT molecular complexity index is 883. The predicted molar refractivity (Wildman–Crippen MR) is 106 cm³/mol. The van der Waals surface area contributed by atoms with Crippen LogP contribution in [0.15, 0.2) is 18.3 Å². The van der Waals surface area contributed by atoms with Crippen LogP contribution in [0.4, 0.5) is 17.6 Å². The van der Waals surface area contributed by atoms with Gasteiger partial charge in [-0.25, -0.2) is 14.1 Å². The summed E-state index contributed by atoms with van der Waals surface area (Å²) < 4.78 is 58.8. The minimum atomic E-state index is -4.48. The zero-order valence-corrected chi connectivity index (χ0v) is 17.6. The number of pyridine rings is 1. The molecule has 0 spiro atoms. The van der Waals surface area contributed by atoms with Crippen LogP contribution in [0.5, 0.6) is 0 Å². The minimum absolute atomic E-state index is 0.0667. The summed E-state index contributed by atoms with van der Waals surface area (Å²) >= 11 is 0. The van der Waals surface area contributed by atoms with Crippen LogP contribution in [-0.2, 0) is 10.9 Å². The molecule has 3 atom stereocenters. The molecule has 10 heteroatoms. The summed E-state index contributed by atoms with van der Waals surface area (Å²) in [5, 5.41) is 4.58. The van der Waals surface area contributed by atoms with Crippen LogP contribution in [0.2, 0.25) is 0 Å². The van der Waals surface area contributed by atoms with E-state index in [1.54, 1.807) is 0 Å². The molecule has 0 N–H and O–H groups in total. The summed E-state index contributed by atoms with van der Waals surface area (Å²) in [4.78, 5) is 10.6. The van der Waals surface area contributed by atoms with Crippen LogP contribution in [-0.4, -0.2) is 63.2 Å². The van der Waals surface area contributed by atoms with E-state index in [9.17, 15) is 17.6 Å². The number of nitrogens with zero attached hydrogens (tertiary/aromatic N) is 5. The number of hydrogen-bond acceptors (Lipinski definition) is 5. The van der Waals surface area contributed by atoms with Crippen LogP contribution in [0.1, 0.15) is 56.6 Å². The summed E-state index contributed by atoms with van der Waals surface area (Å²) in [5.74, 6) is 1.43. The Morgan fingerprint density at radius 2 is 2.03 bits per heavy atom. The molecule has 170 valence electrons. The quantitative estimate of drug-likeness (QED) is 0.650. The molecular weight excluding hydrogens is 414 g/mol. The molecule has 1 aliphatic heterocycles. The van der Waals surface area contributed by atoms with Gasteiger partial charge in [0.05, 0.1) is 12.7 Å². The van der Waals surface area contributed by atoms with Crippen molar-refractivity contribution in [2.24, 2.45) is 0 Å². The third-order valence-corrected chi connectivity index (χ3v) is 6.09. The Morgan fingerprint density at radius 1 is 1.23 bits per heavy atom. The largest absolute Gasteiger partial charge is 0.433 e. The molecule has 1 saturated heterocycles. The molecule has 0 aromatic carbocycles. The summed E-state index contributed by atoms with van der Waals surface area (Å²) in [7, 11) is 0. The van der Waals surface area contributed by atoms with E-state index in [-0.39, 0.29) is 18.1 Å². The highest BCUT2D eigenvalue weighted by atomic mass is 19.4. The van der Waals surface area contributed by atoms with Crippen molar-refractivity contribution in [2.75, 3.05) is 26.4 Å². The van der Waals surface area contributed by atoms with E-state index >= 15 is 0 Å². The van der Waals surface area contributed by atoms with Gasteiger partial charge in [0.15, 0.2) is 5.82 Å². The fourth-order valence-electron chi connectivity index (χ4n) is 4.50. The Kier molecular flexibility index (Phi) is 6.30. The maximum absolute atomic E-state index is 13.0. The maximum Gasteiger partial charge on any atom is 0.433 e. The molecule has 2 aliphatic rings. The van der Waals surface area contributed by atoms with Crippen molar-refractivity contribution in [3.63, 3.8) is 0 Å². The molecule has 2 aromatic rings. The highest BCUT2D eigenvalue weighted by Gasteiger charge is 2.36. The van der Waals surface area contributed by atoms with Gasteiger partial charge in [0.1, 0.15) is 18.2 Å². The minimum Gasteiger partial charge on any atom is -0.373 e. The van der Waals surface area contributed by atoms with Crippen LogP contribution in [0.3, 0.4) is 0 Å². The number of hydrogen-bond donors (Lipinski definition) is 0. The number of ether oxygens (including phenoxy) is 1. The summed E-state index contributed by atoms with van der Waals surface area (Å²) in [6.45, 7) is 5.49. The second-order valence-corrected chi connectivity index (χ2v) is 8.57. The van der Waals surface area contributed by atoms with Crippen molar-refractivity contribution >= 4 is 0 Å². The molecule has 4 rings (SSSR count). The second kappa shape index (κ2) is 8.82. The lowest BCUT2D eigenvalue weighted by molar-refractivity contribution is -0.141. The van der Waals surface area contributed by atoms with Crippen molar-refractivity contribution in [3.05, 3.63) is 29.8 Å². The van der Waals surface area contributed by atoms with Crippen LogP contribution in [0, 0.1) is 0 Å². The van der Waals surface area contributed by atoms with E-state index in [0.717, 1.165) is 37.7 Å². The van der Waals surface area contributed by atoms with Crippen molar-refractivity contribution in [2.45, 2.75) is 63.4 Å². The third kappa shape index (κ3) is 4.74. The first-order chi connectivity index (χ1) is 14.8. The number of aromatic nitrogens is 4. The van der Waals surface area contributed by atoms with Crippen molar-refractivity contribution in [1.82, 2.24) is 24.6 Å². The standard InChI is InChI=1S/C21H27F4N5O/c1-13(2)30-20(14-3-5-16(9-14)29-7-8-31-17(10-22)12-29)27-19(28-30)15-4-6-18(26-11-15)21(23,24)25/h4,6,11,13-14,16-17H,3,5,7-10,12H2,1-2H3/t14-,16+,17+/m0/s1. The molecule has 2 fully saturated rings. The summed E-state index contributed by atoms with van der Waals surface area (Å²) in [6.07, 6.45) is -0.826. The Labute approximate surface area is 178 Å². The van der Waals surface area contributed by atoms with Gasteiger partial charge < -0.3 is 4.74 Å². The first-order valence-corrected chi connectivity index (χ1v) is 10.7. The van der Waals surface area contributed by atoms with E-state index in [2.05, 4.69) is 15.0 Å². The Morgan fingerprint density at radius 3 is 2.68 bits per heavy atom. The second-order valence-electron chi connectivity index (χ2n) is 8.57. The molecule has 31 heavy (non-hydrogen) atoms. The number of alkyl halides is 4. The van der Waals surface area contributed by atoms with E-state index in [0.29, 0.717) is 30.6 Å². The lowest BCUT2D eigenvalue weighted by atomic mass is 10.1. The van der Waals surface area contributed by atoms with Gasteiger partial charge in [-0.15, -0.1) is 0 Å². The van der Waals surface area contributed by atoms with Crippen LogP contribution < -0.4 is 0 Å². The van der Waals surface area contributed by atoms with E-state index < -0.39 is 18.5 Å². The van der Waals surface area contributed by atoms with Gasteiger partial charge in [-0.05, 0) is 45.2 Å². The SMILES string of the molecule is CC(C)n1nc(-c2ccc(C(F)(F)F)nc2)nc1[C@H]1CC[C@@H](N2CCO[C@H](CF)C2)C1. The molecule has 1 saturated carbocycles. The average molecular weight is 441 g/mol. The molecule has 2 aromatic heterocycles. The molecule has 0 amide bonds. The number of morpholine rings is 1. The van der Waals surface area contributed by atoms with E-state index in [1.807, 2.05) is 18.5 Å². The number of rotatable bonds is 5. The highest BCUT2D eigenvalue weighted by Crippen LogP contribution is 2.38. The third-order valence-electron chi connectivity index (χ3n) is 6.09. The van der Waals surface area contributed by atoms with Gasteiger partial charge in [-0.2, -0.15) is 18.3 Å². The van der Waals surface area contributed by atoms with Crippen molar-refractivity contribution in [3.8, 4) is 11.4 Å². The number of halogens is 4. The fraction of sp³-hybridized carbons (Fsp3) is 0.667. The normalized spacial score (nSPS) is 25.5. The molecule has 0 unspecified atom stereocenters. The summed E-state index contributed by atoms with van der Waals surface area (Å²) in [6, 6.07) is 2.73. The topological polar surface area (TPSA) is 56.1 Å². The monoisotopic (exact) mass is 441 g/mol. The van der Waals surface area contributed by atoms with Gasteiger partial charge in [-0.3, -0.25) is 9.88 Å². The molecule has 6 nitrogen and oxygen atoms in total. The Hall–Kier alpha value is -2.07. The van der Waals surface area contributed by atoms with Crippen molar-refractivity contribution in [1.29, 1.82) is 0 Å². The predicted octanol–water partition coefficient (Wildman–Crippen LogP) is 4.25. The van der Waals surface area contributed by atoms with E-state index in [1.165, 1.54) is 12.3 Å². The first-order valence-electron chi connectivity index (χ1n) is 10.7. The Balaban J connectivity index is 1.53. The van der Waals surface area contributed by atoms with E-state index in [4.69, 9.17) is 9.72 Å². The fourth-order valence-corrected chi connectivity index (χ4v) is 4.50. The van der Waals surface area contributed by atoms with Crippen LogP contribution >= 0.6 is 0 Å². The lowest BCUT2D eigenvalue weighted by Crippen LogP contribution is -2.47. The molecule has 0 bridgehead atoms. The van der Waals surface area contributed by atoms with Gasteiger partial charge in [0, 0.05) is 42.9 Å². The zero-order valence-electron chi connectivity index (χ0n) is 17.6. The molecule has 0 radical (unpaired) electrons. The van der Waals surface area contributed by atoms with Crippen molar-refractivity contribution < 1.29 is 22.3 Å². The molecule has 1 aliphatic carbocycles. The highest BCUT2D eigenvalue weighted by molar-refractivity contribution is 5.53. The maximum atomic E-state index is 13.0. The van der Waals surface area contributed by atoms with Crippen LogP contribution in [0.25, 0.3) is 11.4 Å². The lowest BCUT2D eigenvalue weighted by Gasteiger charge is -2.36. The average Bonchev–Trinajstić information content (AvgIpc) is 3.41.